The van der Waals surface area contributed by atoms with Crippen molar-refractivity contribution in [3.05, 3.63) is 89.4 Å². The summed E-state index contributed by atoms with van der Waals surface area (Å²) in [5.74, 6) is -0.0200. The summed E-state index contributed by atoms with van der Waals surface area (Å²) in [6.45, 7) is 6.39. The van der Waals surface area contributed by atoms with Crippen molar-refractivity contribution < 1.29 is 28.6 Å². The van der Waals surface area contributed by atoms with Crippen LogP contribution in [-0.4, -0.2) is 34.4 Å². The van der Waals surface area contributed by atoms with Gasteiger partial charge in [0, 0.05) is 12.1 Å². The molecule has 1 amide bonds. The summed E-state index contributed by atoms with van der Waals surface area (Å²) in [5.41, 5.74) is 1.18. The third-order valence-electron chi connectivity index (χ3n) is 5.41. The Bertz CT molecular complexity index is 1190. The summed E-state index contributed by atoms with van der Waals surface area (Å²) in [6, 6.07) is 16.6. The van der Waals surface area contributed by atoms with Crippen LogP contribution in [0.4, 0.5) is 0 Å². The predicted molar refractivity (Wildman–Crippen MR) is 126 cm³/mol. The van der Waals surface area contributed by atoms with E-state index >= 15 is 0 Å². The zero-order valence-corrected chi connectivity index (χ0v) is 19.4. The topological polar surface area (TPSA) is 89.2 Å². The van der Waals surface area contributed by atoms with E-state index in [0.717, 1.165) is 5.56 Å². The molecule has 1 unspecified atom stereocenters. The van der Waals surface area contributed by atoms with Crippen LogP contribution in [-0.2, 0) is 16.1 Å². The number of aliphatic hydroxyl groups excluding tert-OH is 1. The molecule has 1 aliphatic heterocycles. The molecule has 1 atom stereocenters. The number of hydrogen-bond donors (Lipinski definition) is 1. The quantitative estimate of drug-likeness (QED) is 0.286. The molecular weight excluding hydrogens is 434 g/mol. The molecule has 0 bridgehead atoms. The first-order valence-electron chi connectivity index (χ1n) is 11.2. The lowest BCUT2D eigenvalue weighted by Crippen LogP contribution is -2.29. The minimum absolute atomic E-state index is 0.00459. The highest BCUT2D eigenvalue weighted by molar-refractivity contribution is 6.46. The molecule has 4 rings (SSSR count). The standard InChI is InChI=1S/C27H27NO6/c1-4-32-21-8-5-7-18(15-21)16-28-24(22-9-6-14-33-22)23(26(30)27(28)31)25(29)19-10-12-20(13-11-19)34-17(2)3/h5-15,17,24,29H,4,16H2,1-3H3/b25-23-. The van der Waals surface area contributed by atoms with Crippen molar-refractivity contribution in [1.29, 1.82) is 0 Å². The summed E-state index contributed by atoms with van der Waals surface area (Å²) < 4.78 is 16.8. The maximum atomic E-state index is 13.1. The molecule has 1 aliphatic rings. The Balaban J connectivity index is 1.73. The Kier molecular flexibility index (Phi) is 6.72. The molecule has 1 fully saturated rings. The van der Waals surface area contributed by atoms with Crippen LogP contribution in [0.25, 0.3) is 5.76 Å². The number of amides is 1. The Morgan fingerprint density at radius 2 is 1.82 bits per heavy atom. The van der Waals surface area contributed by atoms with Crippen molar-refractivity contribution in [2.75, 3.05) is 6.61 Å². The molecule has 2 aromatic carbocycles. The first kappa shape index (κ1) is 23.2. The summed E-state index contributed by atoms with van der Waals surface area (Å²) in [4.78, 5) is 27.6. The van der Waals surface area contributed by atoms with Gasteiger partial charge in [-0.1, -0.05) is 12.1 Å². The highest BCUT2D eigenvalue weighted by Crippen LogP contribution is 2.40. The van der Waals surface area contributed by atoms with E-state index < -0.39 is 17.7 Å². The average molecular weight is 462 g/mol. The van der Waals surface area contributed by atoms with E-state index in [-0.39, 0.29) is 24.0 Å². The van der Waals surface area contributed by atoms with Crippen LogP contribution in [0.3, 0.4) is 0 Å². The van der Waals surface area contributed by atoms with Crippen LogP contribution >= 0.6 is 0 Å². The first-order valence-corrected chi connectivity index (χ1v) is 11.2. The number of ether oxygens (including phenoxy) is 2. The number of Topliss-reactive ketones (excluding diaryl/α,β-unsaturated/α-hetero) is 1. The van der Waals surface area contributed by atoms with Gasteiger partial charge >= 0.3 is 0 Å². The Labute approximate surface area is 198 Å². The minimum atomic E-state index is -0.864. The number of ketones is 1. The highest BCUT2D eigenvalue weighted by Gasteiger charge is 2.47. The molecule has 7 nitrogen and oxygen atoms in total. The molecule has 7 heteroatoms. The molecule has 0 aliphatic carbocycles. The lowest BCUT2D eigenvalue weighted by molar-refractivity contribution is -0.140. The number of hydrogen-bond acceptors (Lipinski definition) is 6. The fourth-order valence-electron chi connectivity index (χ4n) is 4.00. The zero-order chi connectivity index (χ0) is 24.2. The van der Waals surface area contributed by atoms with Gasteiger partial charge in [0.1, 0.15) is 29.1 Å². The maximum absolute atomic E-state index is 13.1. The number of carbonyl (C=O) groups excluding carboxylic acids is 2. The number of nitrogens with zero attached hydrogens (tertiary/aromatic N) is 1. The van der Waals surface area contributed by atoms with E-state index in [1.165, 1.54) is 11.2 Å². The predicted octanol–water partition coefficient (Wildman–Crippen LogP) is 5.09. The molecule has 1 aromatic heterocycles. The van der Waals surface area contributed by atoms with E-state index in [0.29, 0.717) is 29.4 Å². The summed E-state index contributed by atoms with van der Waals surface area (Å²) >= 11 is 0. The van der Waals surface area contributed by atoms with Crippen molar-refractivity contribution in [1.82, 2.24) is 4.90 Å². The molecule has 3 aromatic rings. The van der Waals surface area contributed by atoms with Crippen LogP contribution in [0.1, 0.15) is 43.7 Å². The highest BCUT2D eigenvalue weighted by atomic mass is 16.5. The number of carbonyl (C=O) groups is 2. The smallest absolute Gasteiger partial charge is 0.296 e. The monoisotopic (exact) mass is 461 g/mol. The number of benzene rings is 2. The Morgan fingerprint density at radius 1 is 1.06 bits per heavy atom. The van der Waals surface area contributed by atoms with Crippen LogP contribution in [0.2, 0.25) is 0 Å². The molecule has 1 N–H and O–H groups in total. The van der Waals surface area contributed by atoms with Crippen LogP contribution in [0.15, 0.2) is 76.9 Å². The zero-order valence-electron chi connectivity index (χ0n) is 19.4. The first-order chi connectivity index (χ1) is 16.4. The van der Waals surface area contributed by atoms with Gasteiger partial charge in [0.15, 0.2) is 0 Å². The molecule has 0 radical (unpaired) electrons. The van der Waals surface area contributed by atoms with Gasteiger partial charge in [-0.15, -0.1) is 0 Å². The molecule has 0 spiro atoms. The third-order valence-corrected chi connectivity index (χ3v) is 5.41. The van der Waals surface area contributed by atoms with Crippen LogP contribution < -0.4 is 9.47 Å². The second-order valence-corrected chi connectivity index (χ2v) is 8.21. The minimum Gasteiger partial charge on any atom is -0.507 e. The lowest BCUT2D eigenvalue weighted by Gasteiger charge is -2.23. The van der Waals surface area contributed by atoms with Crippen molar-refractivity contribution in [3.8, 4) is 11.5 Å². The van der Waals surface area contributed by atoms with Crippen molar-refractivity contribution >= 4 is 17.4 Å². The maximum Gasteiger partial charge on any atom is 0.296 e. The average Bonchev–Trinajstić information content (AvgIpc) is 3.42. The van der Waals surface area contributed by atoms with E-state index in [4.69, 9.17) is 13.9 Å². The van der Waals surface area contributed by atoms with E-state index in [1.54, 1.807) is 36.4 Å². The molecule has 0 saturated carbocycles. The second-order valence-electron chi connectivity index (χ2n) is 8.21. The van der Waals surface area contributed by atoms with E-state index in [2.05, 4.69) is 0 Å². The summed E-state index contributed by atoms with van der Waals surface area (Å²) in [7, 11) is 0. The molecule has 34 heavy (non-hydrogen) atoms. The van der Waals surface area contributed by atoms with Gasteiger partial charge in [-0.05, 0) is 74.9 Å². The largest absolute Gasteiger partial charge is 0.507 e. The fraction of sp³-hybridized carbons (Fsp3) is 0.259. The second kappa shape index (κ2) is 9.87. The van der Waals surface area contributed by atoms with Gasteiger partial charge in [-0.3, -0.25) is 9.59 Å². The number of aliphatic hydroxyl groups is 1. The number of rotatable bonds is 8. The summed E-state index contributed by atoms with van der Waals surface area (Å²) in [6.07, 6.45) is 1.48. The van der Waals surface area contributed by atoms with Crippen molar-refractivity contribution in [3.63, 3.8) is 0 Å². The van der Waals surface area contributed by atoms with Gasteiger partial charge in [0.05, 0.1) is 24.5 Å². The lowest BCUT2D eigenvalue weighted by atomic mass is 9.99. The van der Waals surface area contributed by atoms with Crippen molar-refractivity contribution in [2.24, 2.45) is 0 Å². The summed E-state index contributed by atoms with van der Waals surface area (Å²) in [5, 5.41) is 11.1. The van der Waals surface area contributed by atoms with E-state index in [1.807, 2.05) is 45.0 Å². The normalized spacial score (nSPS) is 17.4. The van der Waals surface area contributed by atoms with Crippen LogP contribution in [0.5, 0.6) is 11.5 Å². The number of furan rings is 1. The molecular formula is C27H27NO6. The van der Waals surface area contributed by atoms with E-state index in [9.17, 15) is 14.7 Å². The molecule has 2 heterocycles. The Hall–Kier alpha value is -4.00. The van der Waals surface area contributed by atoms with Gasteiger partial charge < -0.3 is 23.9 Å². The molecule has 1 saturated heterocycles. The van der Waals surface area contributed by atoms with Gasteiger partial charge in [0.2, 0.25) is 0 Å². The van der Waals surface area contributed by atoms with Gasteiger partial charge in [-0.2, -0.15) is 0 Å². The molecule has 176 valence electrons. The van der Waals surface area contributed by atoms with Crippen molar-refractivity contribution in [2.45, 2.75) is 39.5 Å². The number of likely N-dealkylation sites (tertiary alicyclic amines) is 1. The fourth-order valence-corrected chi connectivity index (χ4v) is 4.00. The third kappa shape index (κ3) is 4.69. The van der Waals surface area contributed by atoms with Crippen LogP contribution in [0, 0.1) is 0 Å². The van der Waals surface area contributed by atoms with Gasteiger partial charge in [-0.25, -0.2) is 0 Å². The Morgan fingerprint density at radius 3 is 2.47 bits per heavy atom. The van der Waals surface area contributed by atoms with Gasteiger partial charge in [0.25, 0.3) is 11.7 Å². The SMILES string of the molecule is CCOc1cccc(CN2C(=O)C(=O)/C(=C(\O)c3ccc(OC(C)C)cc3)C2c2ccco2)c1.